The second-order valence-electron chi connectivity index (χ2n) is 2.21. The van der Waals surface area contributed by atoms with E-state index in [9.17, 15) is 9.90 Å². The van der Waals surface area contributed by atoms with Crippen LogP contribution in [0, 0.1) is 0 Å². The average molecular weight is 202 g/mol. The van der Waals surface area contributed by atoms with Crippen LogP contribution in [0.1, 0.15) is 10.4 Å². The summed E-state index contributed by atoms with van der Waals surface area (Å²) in [6, 6.07) is 4.82. The summed E-state index contributed by atoms with van der Waals surface area (Å²) in [7, 11) is 0. The van der Waals surface area contributed by atoms with E-state index >= 15 is 0 Å². The third kappa shape index (κ3) is 1.88. The van der Waals surface area contributed by atoms with Gasteiger partial charge in [-0.05, 0) is 17.6 Å². The van der Waals surface area contributed by atoms with E-state index in [1.54, 1.807) is 12.1 Å². The molecule has 0 spiro atoms. The molecular formula is C7H3N2NaO2S. The Morgan fingerprint density at radius 1 is 1.46 bits per heavy atom. The van der Waals surface area contributed by atoms with Crippen LogP contribution >= 0.6 is 11.5 Å². The number of aromatic carboxylic acids is 1. The maximum Gasteiger partial charge on any atom is 1.00 e. The fraction of sp³-hybridized carbons (Fsp3) is 0. The van der Waals surface area contributed by atoms with Gasteiger partial charge < -0.3 is 9.90 Å². The van der Waals surface area contributed by atoms with Crippen LogP contribution in [-0.2, 0) is 0 Å². The van der Waals surface area contributed by atoms with Crippen molar-refractivity contribution in [1.29, 1.82) is 0 Å². The summed E-state index contributed by atoms with van der Waals surface area (Å²) in [4.78, 5) is 10.6. The van der Waals surface area contributed by atoms with Gasteiger partial charge in [0.05, 0.1) is 10.7 Å². The van der Waals surface area contributed by atoms with Gasteiger partial charge >= 0.3 is 29.6 Å². The van der Waals surface area contributed by atoms with Gasteiger partial charge in [0.1, 0.15) is 5.52 Å². The normalized spacial score (nSPS) is 9.54. The van der Waals surface area contributed by atoms with Gasteiger partial charge in [-0.2, -0.15) is 0 Å². The van der Waals surface area contributed by atoms with Crippen molar-refractivity contribution in [2.75, 3.05) is 0 Å². The number of nitrogens with zero attached hydrogens (tertiary/aromatic N) is 2. The molecule has 0 N–H and O–H groups in total. The molecule has 4 nitrogen and oxygen atoms in total. The third-order valence-corrected chi connectivity index (χ3v) is 2.27. The summed E-state index contributed by atoms with van der Waals surface area (Å²) in [5, 5.41) is 14.3. The molecule has 0 amide bonds. The summed E-state index contributed by atoms with van der Waals surface area (Å²) < 4.78 is 4.21. The Labute approximate surface area is 100 Å². The molecule has 0 unspecified atom stereocenters. The molecule has 2 rings (SSSR count). The summed E-state index contributed by atoms with van der Waals surface area (Å²) in [6.07, 6.45) is 0. The molecule has 0 atom stereocenters. The molecule has 1 heterocycles. The minimum absolute atomic E-state index is 0. The Bertz CT molecular complexity index is 443. The summed E-state index contributed by atoms with van der Waals surface area (Å²) in [5.41, 5.74) is 0.754. The zero-order valence-electron chi connectivity index (χ0n) is 6.85. The Balaban J connectivity index is 0.000000845. The SMILES string of the molecule is O=C([O-])c1cccc2nnsc12.[Na+]. The molecule has 0 aliphatic rings. The fourth-order valence-electron chi connectivity index (χ4n) is 0.965. The first kappa shape index (κ1) is 10.6. The van der Waals surface area contributed by atoms with Gasteiger partial charge in [-0.15, -0.1) is 5.10 Å². The zero-order chi connectivity index (χ0) is 8.55. The van der Waals surface area contributed by atoms with Gasteiger partial charge in [-0.3, -0.25) is 0 Å². The van der Waals surface area contributed by atoms with Gasteiger partial charge in [-0.25, -0.2) is 0 Å². The first-order valence-electron chi connectivity index (χ1n) is 3.21. The van der Waals surface area contributed by atoms with Gasteiger partial charge in [0, 0.05) is 5.56 Å². The van der Waals surface area contributed by atoms with E-state index < -0.39 is 5.97 Å². The maximum absolute atomic E-state index is 10.6. The third-order valence-electron chi connectivity index (χ3n) is 1.49. The minimum atomic E-state index is -1.19. The van der Waals surface area contributed by atoms with E-state index in [2.05, 4.69) is 9.59 Å². The van der Waals surface area contributed by atoms with Crippen molar-refractivity contribution in [3.63, 3.8) is 0 Å². The molecule has 0 saturated carbocycles. The number of rotatable bonds is 1. The van der Waals surface area contributed by atoms with Crippen molar-refractivity contribution in [3.05, 3.63) is 23.8 Å². The molecular weight excluding hydrogens is 199 g/mol. The van der Waals surface area contributed by atoms with Crippen LogP contribution in [0.2, 0.25) is 0 Å². The van der Waals surface area contributed by atoms with Crippen molar-refractivity contribution >= 4 is 27.7 Å². The van der Waals surface area contributed by atoms with Crippen molar-refractivity contribution in [2.24, 2.45) is 0 Å². The quantitative estimate of drug-likeness (QED) is 0.464. The number of carboxylic acid groups (broad SMARTS) is 1. The molecule has 2 aromatic rings. The second kappa shape index (κ2) is 4.15. The standard InChI is InChI=1S/C7H4N2O2S.Na/c10-7(11)4-2-1-3-5-6(4)12-9-8-5;/h1-3H,(H,10,11);/q;+1/p-1. The van der Waals surface area contributed by atoms with Crippen LogP contribution in [0.3, 0.4) is 0 Å². The van der Waals surface area contributed by atoms with E-state index in [0.717, 1.165) is 11.5 Å². The molecule has 1 aromatic heterocycles. The molecule has 1 aromatic carbocycles. The van der Waals surface area contributed by atoms with E-state index in [0.29, 0.717) is 10.2 Å². The fourth-order valence-corrected chi connectivity index (χ4v) is 1.63. The monoisotopic (exact) mass is 202 g/mol. The number of carbonyl (C=O) groups excluding carboxylic acids is 1. The van der Waals surface area contributed by atoms with Crippen LogP contribution in [0.15, 0.2) is 18.2 Å². The molecule has 0 fully saturated rings. The first-order chi connectivity index (χ1) is 5.79. The number of hydrogen-bond acceptors (Lipinski definition) is 5. The van der Waals surface area contributed by atoms with Gasteiger partial charge in [0.15, 0.2) is 0 Å². The predicted molar refractivity (Wildman–Crippen MR) is 41.7 cm³/mol. The number of aromatic nitrogens is 2. The van der Waals surface area contributed by atoms with Crippen molar-refractivity contribution in [1.82, 2.24) is 9.59 Å². The van der Waals surface area contributed by atoms with Gasteiger partial charge in [-0.1, -0.05) is 16.6 Å². The molecule has 13 heavy (non-hydrogen) atoms. The molecule has 0 radical (unpaired) electrons. The molecule has 6 heteroatoms. The molecule has 0 bridgehead atoms. The topological polar surface area (TPSA) is 65.9 Å². The average Bonchev–Trinajstić information content (AvgIpc) is 2.49. The Kier molecular flexibility index (Phi) is 3.38. The van der Waals surface area contributed by atoms with Gasteiger partial charge in [0.25, 0.3) is 0 Å². The molecule has 60 valence electrons. The number of fused-ring (bicyclic) bond motifs is 1. The zero-order valence-corrected chi connectivity index (χ0v) is 9.67. The van der Waals surface area contributed by atoms with Crippen molar-refractivity contribution < 1.29 is 39.5 Å². The Hall–Kier alpha value is -0.490. The van der Waals surface area contributed by atoms with E-state index in [1.807, 2.05) is 0 Å². The summed E-state index contributed by atoms with van der Waals surface area (Å²) in [6.45, 7) is 0. The van der Waals surface area contributed by atoms with Crippen LogP contribution in [-0.4, -0.2) is 15.6 Å². The van der Waals surface area contributed by atoms with Gasteiger partial charge in [0.2, 0.25) is 0 Å². The Morgan fingerprint density at radius 3 is 2.92 bits per heavy atom. The number of carboxylic acids is 1. The van der Waals surface area contributed by atoms with Crippen molar-refractivity contribution in [2.45, 2.75) is 0 Å². The van der Waals surface area contributed by atoms with Crippen molar-refractivity contribution in [3.8, 4) is 0 Å². The van der Waals surface area contributed by atoms with Crippen LogP contribution in [0.25, 0.3) is 10.2 Å². The van der Waals surface area contributed by atoms with E-state index in [-0.39, 0.29) is 35.1 Å². The predicted octanol–water partition coefficient (Wildman–Crippen LogP) is -2.94. The largest absolute Gasteiger partial charge is 1.00 e. The van der Waals surface area contributed by atoms with Crippen LogP contribution in [0.5, 0.6) is 0 Å². The van der Waals surface area contributed by atoms with E-state index in [1.165, 1.54) is 6.07 Å². The molecule has 0 aliphatic heterocycles. The first-order valence-corrected chi connectivity index (χ1v) is 3.99. The second-order valence-corrected chi connectivity index (χ2v) is 2.97. The van der Waals surface area contributed by atoms with E-state index in [4.69, 9.17) is 0 Å². The maximum atomic E-state index is 10.6. The number of benzene rings is 1. The van der Waals surface area contributed by atoms with Crippen LogP contribution in [0.4, 0.5) is 0 Å². The Morgan fingerprint density at radius 2 is 2.23 bits per heavy atom. The smallest absolute Gasteiger partial charge is 0.545 e. The summed E-state index contributed by atoms with van der Waals surface area (Å²) in [5.74, 6) is -1.19. The molecule has 0 saturated heterocycles. The minimum Gasteiger partial charge on any atom is -0.545 e. The van der Waals surface area contributed by atoms with Crippen LogP contribution < -0.4 is 34.7 Å². The summed E-state index contributed by atoms with van der Waals surface area (Å²) >= 11 is 1.06. The molecule has 0 aliphatic carbocycles. The number of carbonyl (C=O) groups is 1. The number of hydrogen-bond donors (Lipinski definition) is 0.